The summed E-state index contributed by atoms with van der Waals surface area (Å²) in [6, 6.07) is 11.8. The van der Waals surface area contributed by atoms with E-state index in [1.54, 1.807) is 25.1 Å². The second-order valence-corrected chi connectivity index (χ2v) is 4.52. The van der Waals surface area contributed by atoms with E-state index in [0.717, 1.165) is 0 Å². The van der Waals surface area contributed by atoms with Gasteiger partial charge in [0.1, 0.15) is 11.6 Å². The van der Waals surface area contributed by atoms with E-state index in [0.29, 0.717) is 16.8 Å². The van der Waals surface area contributed by atoms with Gasteiger partial charge >= 0.3 is 0 Å². The first-order chi connectivity index (χ1) is 10.1. The molecular formula is C16H14F2N2O. The lowest BCUT2D eigenvalue weighted by Crippen LogP contribution is -2.21. The third-order valence-electron chi connectivity index (χ3n) is 2.89. The van der Waals surface area contributed by atoms with Crippen molar-refractivity contribution in [3.05, 3.63) is 71.3 Å². The number of amides is 1. The SMILES string of the molecule is C/C(=N\NC(=O)Cc1ccc(F)cc1)c1ccccc1F. The maximum Gasteiger partial charge on any atom is 0.244 e. The van der Waals surface area contributed by atoms with Crippen molar-refractivity contribution >= 4 is 11.6 Å². The highest BCUT2D eigenvalue weighted by Crippen LogP contribution is 2.07. The average Bonchev–Trinajstić information content (AvgIpc) is 2.48. The Kier molecular flexibility index (Phi) is 4.77. The van der Waals surface area contributed by atoms with Crippen LogP contribution in [0.1, 0.15) is 18.1 Å². The molecular weight excluding hydrogens is 274 g/mol. The lowest BCUT2D eigenvalue weighted by Gasteiger charge is -2.04. The Morgan fingerprint density at radius 3 is 2.43 bits per heavy atom. The molecule has 5 heteroatoms. The molecule has 0 bridgehead atoms. The minimum Gasteiger partial charge on any atom is -0.273 e. The number of hydrazone groups is 1. The summed E-state index contributed by atoms with van der Waals surface area (Å²) < 4.78 is 26.3. The highest BCUT2D eigenvalue weighted by molar-refractivity contribution is 5.99. The van der Waals surface area contributed by atoms with Gasteiger partial charge in [0.05, 0.1) is 12.1 Å². The fraction of sp³-hybridized carbons (Fsp3) is 0.125. The van der Waals surface area contributed by atoms with Crippen LogP contribution in [0, 0.1) is 11.6 Å². The van der Waals surface area contributed by atoms with Crippen LogP contribution in [0.2, 0.25) is 0 Å². The highest BCUT2D eigenvalue weighted by Gasteiger charge is 2.06. The minimum atomic E-state index is -0.397. The molecule has 0 aliphatic rings. The summed E-state index contributed by atoms with van der Waals surface area (Å²) >= 11 is 0. The zero-order chi connectivity index (χ0) is 15.2. The van der Waals surface area contributed by atoms with Crippen LogP contribution >= 0.6 is 0 Å². The number of halogens is 2. The molecule has 0 aliphatic carbocycles. The first-order valence-electron chi connectivity index (χ1n) is 6.39. The third kappa shape index (κ3) is 4.21. The van der Waals surface area contributed by atoms with E-state index < -0.39 is 5.82 Å². The zero-order valence-corrected chi connectivity index (χ0v) is 11.4. The molecule has 1 N–H and O–H groups in total. The van der Waals surface area contributed by atoms with E-state index in [1.807, 2.05) is 0 Å². The summed E-state index contributed by atoms with van der Waals surface area (Å²) in [5.41, 5.74) is 3.74. The van der Waals surface area contributed by atoms with E-state index in [4.69, 9.17) is 0 Å². The lowest BCUT2D eigenvalue weighted by atomic mass is 10.1. The molecule has 1 amide bonds. The van der Waals surface area contributed by atoms with Crippen molar-refractivity contribution in [1.82, 2.24) is 5.43 Å². The Labute approximate surface area is 121 Å². The van der Waals surface area contributed by atoms with Crippen molar-refractivity contribution < 1.29 is 13.6 Å². The molecule has 0 aliphatic heterocycles. The monoisotopic (exact) mass is 288 g/mol. The predicted octanol–water partition coefficient (Wildman–Crippen LogP) is 3.05. The maximum atomic E-state index is 13.5. The molecule has 0 fully saturated rings. The number of nitrogens with one attached hydrogen (secondary N) is 1. The van der Waals surface area contributed by atoms with Crippen LogP contribution in [0.5, 0.6) is 0 Å². The molecule has 2 aromatic rings. The van der Waals surface area contributed by atoms with Crippen LogP contribution in [0.15, 0.2) is 53.6 Å². The molecule has 0 saturated heterocycles. The smallest absolute Gasteiger partial charge is 0.244 e. The number of rotatable bonds is 4. The molecule has 0 unspecified atom stereocenters. The summed E-state index contributed by atoms with van der Waals surface area (Å²) in [7, 11) is 0. The molecule has 108 valence electrons. The van der Waals surface area contributed by atoms with Crippen molar-refractivity contribution in [2.45, 2.75) is 13.3 Å². The molecule has 0 spiro atoms. The van der Waals surface area contributed by atoms with E-state index in [1.165, 1.54) is 30.3 Å². The first kappa shape index (κ1) is 14.8. The van der Waals surface area contributed by atoms with E-state index >= 15 is 0 Å². The Morgan fingerprint density at radius 1 is 1.10 bits per heavy atom. The third-order valence-corrected chi connectivity index (χ3v) is 2.89. The molecule has 21 heavy (non-hydrogen) atoms. The second-order valence-electron chi connectivity index (χ2n) is 4.52. The van der Waals surface area contributed by atoms with Crippen molar-refractivity contribution in [2.75, 3.05) is 0 Å². The molecule has 2 rings (SSSR count). The lowest BCUT2D eigenvalue weighted by molar-refractivity contribution is -0.120. The number of benzene rings is 2. The number of hydrogen-bond donors (Lipinski definition) is 1. The number of carbonyl (C=O) groups excluding carboxylic acids is 1. The van der Waals surface area contributed by atoms with Gasteiger partial charge in [-0.15, -0.1) is 0 Å². The maximum absolute atomic E-state index is 13.5. The Hall–Kier alpha value is -2.56. The predicted molar refractivity (Wildman–Crippen MR) is 76.9 cm³/mol. The van der Waals surface area contributed by atoms with Gasteiger partial charge in [-0.3, -0.25) is 4.79 Å². The van der Waals surface area contributed by atoms with E-state index in [-0.39, 0.29) is 18.1 Å². The van der Waals surface area contributed by atoms with Crippen molar-refractivity contribution in [3.63, 3.8) is 0 Å². The Bertz CT molecular complexity index is 666. The van der Waals surface area contributed by atoms with Crippen LogP contribution in [0.3, 0.4) is 0 Å². The van der Waals surface area contributed by atoms with Crippen LogP contribution in [0.4, 0.5) is 8.78 Å². The normalized spacial score (nSPS) is 11.3. The largest absolute Gasteiger partial charge is 0.273 e. The Morgan fingerprint density at radius 2 is 1.76 bits per heavy atom. The fourth-order valence-electron chi connectivity index (χ4n) is 1.79. The van der Waals surface area contributed by atoms with Crippen LogP contribution in [0.25, 0.3) is 0 Å². The summed E-state index contributed by atoms with van der Waals surface area (Å²) in [5.74, 6) is -1.10. The number of hydrogen-bond acceptors (Lipinski definition) is 2. The molecule has 0 atom stereocenters. The average molecular weight is 288 g/mol. The first-order valence-corrected chi connectivity index (χ1v) is 6.39. The van der Waals surface area contributed by atoms with Crippen LogP contribution in [-0.4, -0.2) is 11.6 Å². The van der Waals surface area contributed by atoms with Gasteiger partial charge in [-0.1, -0.05) is 30.3 Å². The van der Waals surface area contributed by atoms with Gasteiger partial charge < -0.3 is 0 Å². The van der Waals surface area contributed by atoms with Gasteiger partial charge in [0.25, 0.3) is 0 Å². The quantitative estimate of drug-likeness (QED) is 0.682. The topological polar surface area (TPSA) is 41.5 Å². The van der Waals surface area contributed by atoms with Gasteiger partial charge in [-0.05, 0) is 30.7 Å². The Balaban J connectivity index is 1.98. The second kappa shape index (κ2) is 6.74. The van der Waals surface area contributed by atoms with Gasteiger partial charge in [0.2, 0.25) is 5.91 Å². The summed E-state index contributed by atoms with van der Waals surface area (Å²) in [4.78, 5) is 11.7. The van der Waals surface area contributed by atoms with E-state index in [9.17, 15) is 13.6 Å². The molecule has 2 aromatic carbocycles. The summed E-state index contributed by atoms with van der Waals surface area (Å²) in [6.07, 6.45) is 0.0777. The summed E-state index contributed by atoms with van der Waals surface area (Å²) in [5, 5.41) is 3.87. The molecule has 0 heterocycles. The van der Waals surface area contributed by atoms with Gasteiger partial charge in [0, 0.05) is 5.56 Å². The van der Waals surface area contributed by atoms with Gasteiger partial charge in [-0.2, -0.15) is 5.10 Å². The fourth-order valence-corrected chi connectivity index (χ4v) is 1.79. The summed E-state index contributed by atoms with van der Waals surface area (Å²) in [6.45, 7) is 1.61. The van der Waals surface area contributed by atoms with E-state index in [2.05, 4.69) is 10.5 Å². The van der Waals surface area contributed by atoms with Crippen LogP contribution in [-0.2, 0) is 11.2 Å². The van der Waals surface area contributed by atoms with Crippen molar-refractivity contribution in [2.24, 2.45) is 5.10 Å². The number of carbonyl (C=O) groups is 1. The molecule has 3 nitrogen and oxygen atoms in total. The number of nitrogens with zero attached hydrogens (tertiary/aromatic N) is 1. The standard InChI is InChI=1S/C16H14F2N2O/c1-11(14-4-2-3-5-15(14)18)19-20-16(21)10-12-6-8-13(17)9-7-12/h2-9H,10H2,1H3,(H,20,21)/b19-11+. The molecule has 0 radical (unpaired) electrons. The van der Waals surface area contributed by atoms with Crippen molar-refractivity contribution in [3.8, 4) is 0 Å². The van der Waals surface area contributed by atoms with Gasteiger partial charge in [-0.25, -0.2) is 14.2 Å². The zero-order valence-electron chi connectivity index (χ0n) is 11.4. The molecule has 0 saturated carbocycles. The highest BCUT2D eigenvalue weighted by atomic mass is 19.1. The minimum absolute atomic E-state index is 0.0777. The van der Waals surface area contributed by atoms with Crippen molar-refractivity contribution in [1.29, 1.82) is 0 Å². The van der Waals surface area contributed by atoms with Gasteiger partial charge in [0.15, 0.2) is 0 Å². The van der Waals surface area contributed by atoms with Crippen LogP contribution < -0.4 is 5.43 Å². The molecule has 0 aromatic heterocycles.